The third-order valence-corrected chi connectivity index (χ3v) is 8.78. The van der Waals surface area contributed by atoms with Gasteiger partial charge in [-0.25, -0.2) is 18.2 Å². The molecule has 39 heavy (non-hydrogen) atoms. The molecule has 0 spiro atoms. The van der Waals surface area contributed by atoms with Crippen molar-refractivity contribution in [3.63, 3.8) is 0 Å². The molecular weight excluding hydrogens is 583 g/mol. The average Bonchev–Trinajstić information content (AvgIpc) is 3.40. The largest absolute Gasteiger partial charge is 0.378 e. The molecule has 0 unspecified atom stereocenters. The quantitative estimate of drug-likeness (QED) is 0.203. The summed E-state index contributed by atoms with van der Waals surface area (Å²) < 4.78 is 40.0. The first-order valence-electron chi connectivity index (χ1n) is 12.5. The lowest BCUT2D eigenvalue weighted by Gasteiger charge is -2.37. The van der Waals surface area contributed by atoms with Crippen molar-refractivity contribution >= 4 is 48.9 Å². The lowest BCUT2D eigenvalue weighted by molar-refractivity contribution is -0.119. The van der Waals surface area contributed by atoms with Crippen LogP contribution in [-0.2, 0) is 14.8 Å². The number of hydrogen-bond donors (Lipinski definition) is 2. The summed E-state index contributed by atoms with van der Waals surface area (Å²) in [4.78, 5) is 12.7. The summed E-state index contributed by atoms with van der Waals surface area (Å²) in [6.45, 7) is 1.39. The normalized spacial score (nSPS) is 20.1. The van der Waals surface area contributed by atoms with Crippen LogP contribution in [0.5, 0.6) is 0 Å². The number of nitrogens with zero attached hydrogens (tertiary/aromatic N) is 2. The van der Waals surface area contributed by atoms with Crippen molar-refractivity contribution in [2.45, 2.75) is 25.3 Å². The van der Waals surface area contributed by atoms with E-state index >= 15 is 0 Å². The highest BCUT2D eigenvalue weighted by Crippen LogP contribution is 2.50. The van der Waals surface area contributed by atoms with E-state index in [9.17, 15) is 17.6 Å². The van der Waals surface area contributed by atoms with Crippen LogP contribution < -0.4 is 15.0 Å². The fraction of sp³-hybridized carbons (Fsp3) is 0.241. The number of halogens is 2. The molecule has 0 saturated carbocycles. The first-order valence-corrected chi connectivity index (χ1v) is 15.1. The molecule has 10 heteroatoms. The third kappa shape index (κ3) is 5.91. The van der Waals surface area contributed by atoms with Gasteiger partial charge in [0.05, 0.1) is 23.7 Å². The first-order chi connectivity index (χ1) is 18.6. The molecule has 7 nitrogen and oxygen atoms in total. The number of nitrogens with one attached hydrogen (secondary N) is 2. The second-order valence-electron chi connectivity index (χ2n) is 9.81. The molecule has 1 amide bonds. The number of carbonyl (C=O) groups excluding carboxylic acids is 1. The Morgan fingerprint density at radius 1 is 1.15 bits per heavy atom. The SMILES string of the molecule is C/C(=N/NC(=O)CN(c1cccc(Br)c1)S(C)(=O)=O)c1ccc2c(c1)[C@@H]1C=CC[C@@H]1[C@H](c1ccc(F)cc1)N2. The van der Waals surface area contributed by atoms with Gasteiger partial charge in [0.2, 0.25) is 10.0 Å². The van der Waals surface area contributed by atoms with Crippen LogP contribution in [0.15, 0.2) is 88.5 Å². The molecular formula is C29H28BrFN4O3S. The van der Waals surface area contributed by atoms with Gasteiger partial charge in [0.25, 0.3) is 5.91 Å². The van der Waals surface area contributed by atoms with Crippen LogP contribution in [0.4, 0.5) is 15.8 Å². The molecule has 3 atom stereocenters. The molecule has 3 aromatic carbocycles. The van der Waals surface area contributed by atoms with Crippen molar-refractivity contribution in [1.82, 2.24) is 5.43 Å². The summed E-state index contributed by atoms with van der Waals surface area (Å²) in [6.07, 6.45) is 6.39. The zero-order valence-corrected chi connectivity index (χ0v) is 23.8. The number of benzene rings is 3. The predicted molar refractivity (Wildman–Crippen MR) is 156 cm³/mol. The molecule has 1 aliphatic carbocycles. The van der Waals surface area contributed by atoms with Crippen molar-refractivity contribution in [3.8, 4) is 0 Å². The highest BCUT2D eigenvalue weighted by atomic mass is 79.9. The van der Waals surface area contributed by atoms with Gasteiger partial charge in [-0.15, -0.1) is 0 Å². The second kappa shape index (κ2) is 10.9. The molecule has 0 bridgehead atoms. The Bertz CT molecular complexity index is 1570. The zero-order chi connectivity index (χ0) is 27.7. The molecule has 2 N–H and O–H groups in total. The number of hydrazone groups is 1. The van der Waals surface area contributed by atoms with Gasteiger partial charge in [0, 0.05) is 16.1 Å². The summed E-state index contributed by atoms with van der Waals surface area (Å²) in [5.41, 5.74) is 7.53. The van der Waals surface area contributed by atoms with E-state index in [1.165, 1.54) is 12.1 Å². The minimum atomic E-state index is -3.69. The monoisotopic (exact) mass is 610 g/mol. The lowest BCUT2D eigenvalue weighted by atomic mass is 9.76. The summed E-state index contributed by atoms with van der Waals surface area (Å²) >= 11 is 3.33. The van der Waals surface area contributed by atoms with Gasteiger partial charge in [-0.1, -0.05) is 52.3 Å². The maximum absolute atomic E-state index is 13.5. The molecule has 1 heterocycles. The number of rotatable bonds is 7. The van der Waals surface area contributed by atoms with Gasteiger partial charge >= 0.3 is 0 Å². The molecule has 0 radical (unpaired) electrons. The van der Waals surface area contributed by atoms with Crippen LogP contribution in [0.1, 0.15) is 42.0 Å². The van der Waals surface area contributed by atoms with Crippen LogP contribution in [0.2, 0.25) is 0 Å². The third-order valence-electron chi connectivity index (χ3n) is 7.14. The predicted octanol–water partition coefficient (Wildman–Crippen LogP) is 5.72. The Hall–Kier alpha value is -3.50. The molecule has 2 aliphatic rings. The van der Waals surface area contributed by atoms with Crippen LogP contribution in [0.25, 0.3) is 0 Å². The van der Waals surface area contributed by atoms with E-state index in [1.54, 1.807) is 31.2 Å². The summed E-state index contributed by atoms with van der Waals surface area (Å²) in [5.74, 6) is -0.303. The van der Waals surface area contributed by atoms with E-state index in [2.05, 4.69) is 50.0 Å². The van der Waals surface area contributed by atoms with E-state index in [0.717, 1.165) is 39.4 Å². The number of anilines is 2. The van der Waals surface area contributed by atoms with Crippen LogP contribution in [0.3, 0.4) is 0 Å². The number of hydrogen-bond acceptors (Lipinski definition) is 5. The van der Waals surface area contributed by atoms with Crippen LogP contribution >= 0.6 is 15.9 Å². The standard InChI is InChI=1S/C29H28BrFN4O3S/c1-18(33-34-28(36)17-35(39(2,37)38)23-6-3-5-21(30)16-23)20-11-14-27-26(15-20)24-7-4-8-25(24)29(32-27)19-9-12-22(31)13-10-19/h3-7,9-16,24-25,29,32H,8,17H2,1-2H3,(H,34,36)/b33-18-/t24-,25+,29+/m1/s1. The number of sulfonamides is 1. The molecule has 202 valence electrons. The van der Waals surface area contributed by atoms with Crippen molar-refractivity contribution < 1.29 is 17.6 Å². The summed E-state index contributed by atoms with van der Waals surface area (Å²) in [5, 5.41) is 7.90. The molecule has 0 fully saturated rings. The van der Waals surface area contributed by atoms with E-state index in [4.69, 9.17) is 0 Å². The molecule has 0 saturated heterocycles. The van der Waals surface area contributed by atoms with Gasteiger partial charge < -0.3 is 5.32 Å². The summed E-state index contributed by atoms with van der Waals surface area (Å²) in [7, 11) is -3.69. The first kappa shape index (κ1) is 27.1. The van der Waals surface area contributed by atoms with Gasteiger partial charge in [-0.3, -0.25) is 9.10 Å². The fourth-order valence-electron chi connectivity index (χ4n) is 5.23. The van der Waals surface area contributed by atoms with Crippen molar-refractivity contribution in [3.05, 3.63) is 106 Å². The minimum Gasteiger partial charge on any atom is -0.378 e. The van der Waals surface area contributed by atoms with Gasteiger partial charge in [0.15, 0.2) is 0 Å². The highest BCUT2D eigenvalue weighted by Gasteiger charge is 2.38. The Morgan fingerprint density at radius 2 is 1.92 bits per heavy atom. The fourth-order valence-corrected chi connectivity index (χ4v) is 6.46. The molecule has 1 aliphatic heterocycles. The Kier molecular flexibility index (Phi) is 7.59. The Labute approximate surface area is 236 Å². The Morgan fingerprint density at radius 3 is 2.64 bits per heavy atom. The van der Waals surface area contributed by atoms with Crippen molar-refractivity contribution in [1.29, 1.82) is 0 Å². The number of carbonyl (C=O) groups is 1. The molecule has 5 rings (SSSR count). The van der Waals surface area contributed by atoms with Gasteiger partial charge in [-0.05, 0) is 78.4 Å². The number of fused-ring (bicyclic) bond motifs is 3. The smallest absolute Gasteiger partial charge is 0.260 e. The van der Waals surface area contributed by atoms with Crippen LogP contribution in [-0.4, -0.2) is 32.8 Å². The highest BCUT2D eigenvalue weighted by molar-refractivity contribution is 9.10. The maximum Gasteiger partial charge on any atom is 0.260 e. The Balaban J connectivity index is 1.33. The zero-order valence-electron chi connectivity index (χ0n) is 21.4. The topological polar surface area (TPSA) is 90.9 Å². The van der Waals surface area contributed by atoms with Crippen LogP contribution in [0, 0.1) is 11.7 Å². The van der Waals surface area contributed by atoms with Gasteiger partial charge in [0.1, 0.15) is 12.4 Å². The molecule has 3 aromatic rings. The summed E-state index contributed by atoms with van der Waals surface area (Å²) in [6, 6.07) is 19.5. The second-order valence-corrected chi connectivity index (χ2v) is 12.6. The van der Waals surface area contributed by atoms with Crippen molar-refractivity contribution in [2.24, 2.45) is 11.0 Å². The maximum atomic E-state index is 13.5. The van der Waals surface area contributed by atoms with E-state index in [-0.39, 0.29) is 17.8 Å². The van der Waals surface area contributed by atoms with E-state index < -0.39 is 22.5 Å². The lowest BCUT2D eigenvalue weighted by Crippen LogP contribution is -2.39. The average molecular weight is 612 g/mol. The van der Waals surface area contributed by atoms with E-state index in [1.807, 2.05) is 24.3 Å². The minimum absolute atomic E-state index is 0.0704. The van der Waals surface area contributed by atoms with E-state index in [0.29, 0.717) is 21.8 Å². The molecule has 0 aromatic heterocycles. The van der Waals surface area contributed by atoms with Crippen molar-refractivity contribution in [2.75, 3.05) is 22.4 Å². The van der Waals surface area contributed by atoms with Gasteiger partial charge in [-0.2, -0.15) is 5.10 Å². The number of allylic oxidation sites excluding steroid dienone is 2. The number of amides is 1.